The summed E-state index contributed by atoms with van der Waals surface area (Å²) < 4.78 is 5.01. The van der Waals surface area contributed by atoms with Crippen molar-refractivity contribution in [2.75, 3.05) is 19.0 Å². The van der Waals surface area contributed by atoms with Gasteiger partial charge in [-0.2, -0.15) is 0 Å². The van der Waals surface area contributed by atoms with Crippen LogP contribution in [0, 0.1) is 0 Å². The van der Waals surface area contributed by atoms with E-state index in [0.717, 1.165) is 16.8 Å². The molecule has 4 rings (SSSR count). The number of carbonyl (C=O) groups excluding carboxylic acids is 2. The molecule has 2 amide bonds. The Hall–Kier alpha value is -4.00. The van der Waals surface area contributed by atoms with Gasteiger partial charge in [0.1, 0.15) is 0 Å². The summed E-state index contributed by atoms with van der Waals surface area (Å²) in [5.74, 6) is 0.109. The number of ether oxygens (including phenoxy) is 1. The van der Waals surface area contributed by atoms with Crippen molar-refractivity contribution in [2.45, 2.75) is 13.0 Å². The Balaban J connectivity index is 1.43. The third-order valence-electron chi connectivity index (χ3n) is 5.03. The van der Waals surface area contributed by atoms with Crippen molar-refractivity contribution < 1.29 is 14.3 Å². The maximum atomic E-state index is 12.6. The van der Waals surface area contributed by atoms with E-state index in [1.807, 2.05) is 42.5 Å². The fraction of sp³-hybridized carbons (Fsp3) is 0.167. The summed E-state index contributed by atoms with van der Waals surface area (Å²) in [6.07, 6.45) is 7.18. The molecular weight excluding hydrogens is 392 g/mol. The van der Waals surface area contributed by atoms with Gasteiger partial charge >= 0.3 is 0 Å². The summed E-state index contributed by atoms with van der Waals surface area (Å²) in [4.78, 5) is 35.4. The molecule has 3 heterocycles. The minimum atomic E-state index is -0.286. The van der Waals surface area contributed by atoms with Gasteiger partial charge in [0.15, 0.2) is 0 Å². The monoisotopic (exact) mass is 414 g/mol. The summed E-state index contributed by atoms with van der Waals surface area (Å²) >= 11 is 0. The van der Waals surface area contributed by atoms with E-state index in [0.29, 0.717) is 36.6 Å². The van der Waals surface area contributed by atoms with Gasteiger partial charge in [0.2, 0.25) is 11.8 Å². The number of rotatable bonds is 5. The number of hydrogen-bond donors (Lipinski definition) is 1. The average molecular weight is 414 g/mol. The Morgan fingerprint density at radius 1 is 1.10 bits per heavy atom. The van der Waals surface area contributed by atoms with E-state index >= 15 is 0 Å². The van der Waals surface area contributed by atoms with E-state index in [-0.39, 0.29) is 11.8 Å². The molecule has 1 N–H and O–H groups in total. The normalized spacial score (nSPS) is 13.0. The molecule has 31 heavy (non-hydrogen) atoms. The van der Waals surface area contributed by atoms with Crippen LogP contribution in [-0.4, -0.2) is 40.3 Å². The van der Waals surface area contributed by atoms with E-state index in [4.69, 9.17) is 4.74 Å². The molecular formula is C24H22N4O3. The largest absolute Gasteiger partial charge is 0.481 e. The van der Waals surface area contributed by atoms with Gasteiger partial charge in [0.25, 0.3) is 5.91 Å². The highest BCUT2D eigenvalue weighted by Gasteiger charge is 2.21. The highest BCUT2D eigenvalue weighted by Crippen LogP contribution is 2.21. The number of anilines is 1. The number of nitrogens with one attached hydrogen (secondary N) is 1. The van der Waals surface area contributed by atoms with Gasteiger partial charge in [0, 0.05) is 43.5 Å². The standard InChI is InChI=1S/C24H22N4O3/c1-31-22-9-8-18(14-26-22)24(30)27-20-13-19-16-28(12-11-21(19)25-15-20)23(29)10-7-17-5-3-2-4-6-17/h2-10,13-15H,11-12,16H2,1H3,(H,27,30)/b10-7+. The molecule has 3 aromatic rings. The van der Waals surface area contributed by atoms with Crippen molar-refractivity contribution in [3.63, 3.8) is 0 Å². The number of pyridine rings is 2. The van der Waals surface area contributed by atoms with Gasteiger partial charge in [0.05, 0.1) is 24.6 Å². The Kier molecular flexibility index (Phi) is 6.03. The van der Waals surface area contributed by atoms with Crippen LogP contribution in [0.3, 0.4) is 0 Å². The lowest BCUT2D eigenvalue weighted by atomic mass is 10.0. The zero-order valence-corrected chi connectivity index (χ0v) is 17.1. The first kappa shape index (κ1) is 20.3. The first-order valence-electron chi connectivity index (χ1n) is 9.93. The zero-order valence-electron chi connectivity index (χ0n) is 17.1. The maximum absolute atomic E-state index is 12.6. The second-order valence-electron chi connectivity index (χ2n) is 7.13. The average Bonchev–Trinajstić information content (AvgIpc) is 2.82. The van der Waals surface area contributed by atoms with E-state index in [1.54, 1.807) is 29.3 Å². The van der Waals surface area contributed by atoms with Gasteiger partial charge in [-0.1, -0.05) is 30.3 Å². The minimum absolute atomic E-state index is 0.0479. The van der Waals surface area contributed by atoms with E-state index in [1.165, 1.54) is 13.3 Å². The fourth-order valence-corrected chi connectivity index (χ4v) is 3.36. The van der Waals surface area contributed by atoms with Crippen LogP contribution in [0.4, 0.5) is 5.69 Å². The van der Waals surface area contributed by atoms with Gasteiger partial charge in [-0.3, -0.25) is 14.6 Å². The molecule has 0 saturated heterocycles. The number of methoxy groups -OCH3 is 1. The molecule has 0 spiro atoms. The van der Waals surface area contributed by atoms with E-state index in [9.17, 15) is 9.59 Å². The van der Waals surface area contributed by atoms with Gasteiger partial charge < -0.3 is 15.0 Å². The number of nitrogens with zero attached hydrogens (tertiary/aromatic N) is 3. The third-order valence-corrected chi connectivity index (χ3v) is 5.03. The third kappa shape index (κ3) is 4.95. The minimum Gasteiger partial charge on any atom is -0.481 e. The molecule has 0 aliphatic carbocycles. The quantitative estimate of drug-likeness (QED) is 0.648. The summed E-state index contributed by atoms with van der Waals surface area (Å²) in [6, 6.07) is 14.9. The lowest BCUT2D eigenvalue weighted by Gasteiger charge is -2.27. The van der Waals surface area contributed by atoms with Crippen molar-refractivity contribution in [2.24, 2.45) is 0 Å². The molecule has 1 aliphatic rings. The molecule has 0 unspecified atom stereocenters. The fourth-order valence-electron chi connectivity index (χ4n) is 3.36. The first-order chi connectivity index (χ1) is 15.1. The van der Waals surface area contributed by atoms with Crippen LogP contribution < -0.4 is 10.1 Å². The second-order valence-corrected chi connectivity index (χ2v) is 7.13. The smallest absolute Gasteiger partial charge is 0.257 e. The van der Waals surface area contributed by atoms with E-state index < -0.39 is 0 Å². The Morgan fingerprint density at radius 2 is 1.94 bits per heavy atom. The predicted molar refractivity (Wildman–Crippen MR) is 118 cm³/mol. The molecule has 7 heteroatoms. The summed E-state index contributed by atoms with van der Waals surface area (Å²) in [6.45, 7) is 1.06. The van der Waals surface area contributed by atoms with Crippen LogP contribution in [-0.2, 0) is 17.8 Å². The molecule has 1 aliphatic heterocycles. The number of fused-ring (bicyclic) bond motifs is 1. The molecule has 0 fully saturated rings. The predicted octanol–water partition coefficient (Wildman–Crippen LogP) is 3.34. The van der Waals surface area contributed by atoms with Gasteiger partial charge in [-0.25, -0.2) is 4.98 Å². The number of hydrogen-bond acceptors (Lipinski definition) is 5. The Bertz CT molecular complexity index is 1110. The molecule has 2 aromatic heterocycles. The zero-order chi connectivity index (χ0) is 21.6. The molecule has 0 atom stereocenters. The van der Waals surface area contributed by atoms with Crippen LogP contribution in [0.15, 0.2) is 67.0 Å². The van der Waals surface area contributed by atoms with Crippen LogP contribution in [0.25, 0.3) is 6.08 Å². The van der Waals surface area contributed by atoms with Crippen LogP contribution in [0.1, 0.15) is 27.2 Å². The Labute approximate surface area is 180 Å². The molecule has 7 nitrogen and oxygen atoms in total. The van der Waals surface area contributed by atoms with Crippen LogP contribution in [0.5, 0.6) is 5.88 Å². The summed E-state index contributed by atoms with van der Waals surface area (Å²) in [7, 11) is 1.52. The highest BCUT2D eigenvalue weighted by atomic mass is 16.5. The van der Waals surface area contributed by atoms with Crippen LogP contribution >= 0.6 is 0 Å². The number of carbonyl (C=O) groups is 2. The lowest BCUT2D eigenvalue weighted by Crippen LogP contribution is -2.35. The number of amides is 2. The summed E-state index contributed by atoms with van der Waals surface area (Å²) in [5.41, 5.74) is 3.85. The second kappa shape index (κ2) is 9.21. The molecule has 0 radical (unpaired) electrons. The molecule has 0 saturated carbocycles. The van der Waals surface area contributed by atoms with Crippen molar-refractivity contribution in [3.05, 3.63) is 89.4 Å². The van der Waals surface area contributed by atoms with Crippen LogP contribution in [0.2, 0.25) is 0 Å². The van der Waals surface area contributed by atoms with Crippen molar-refractivity contribution in [1.82, 2.24) is 14.9 Å². The molecule has 156 valence electrons. The Morgan fingerprint density at radius 3 is 2.68 bits per heavy atom. The van der Waals surface area contributed by atoms with Crippen molar-refractivity contribution in [3.8, 4) is 5.88 Å². The number of benzene rings is 1. The lowest BCUT2D eigenvalue weighted by molar-refractivity contribution is -0.126. The van der Waals surface area contributed by atoms with Crippen molar-refractivity contribution >= 4 is 23.6 Å². The van der Waals surface area contributed by atoms with Gasteiger partial charge in [-0.05, 0) is 29.3 Å². The highest BCUT2D eigenvalue weighted by molar-refractivity contribution is 6.04. The number of aromatic nitrogens is 2. The summed E-state index contributed by atoms with van der Waals surface area (Å²) in [5, 5.41) is 2.84. The molecule has 0 bridgehead atoms. The van der Waals surface area contributed by atoms with Gasteiger partial charge in [-0.15, -0.1) is 0 Å². The van der Waals surface area contributed by atoms with Crippen molar-refractivity contribution in [1.29, 1.82) is 0 Å². The topological polar surface area (TPSA) is 84.4 Å². The first-order valence-corrected chi connectivity index (χ1v) is 9.93. The van der Waals surface area contributed by atoms with E-state index in [2.05, 4.69) is 15.3 Å². The molecule has 1 aromatic carbocycles. The maximum Gasteiger partial charge on any atom is 0.257 e. The SMILES string of the molecule is COc1ccc(C(=O)Nc2cnc3c(c2)CN(C(=O)/C=C/c2ccccc2)CC3)cn1.